The number of benzene rings is 1. The maximum absolute atomic E-state index is 13.2. The van der Waals surface area contributed by atoms with Crippen LogP contribution in [0.4, 0.5) is 14.3 Å². The molecule has 0 unspecified atom stereocenters. The number of hydrogen-bond donors (Lipinski definition) is 1. The molecule has 1 heterocycles. The molecule has 0 saturated carbocycles. The average Bonchev–Trinajstić information content (AvgIpc) is 2.92. The number of nitrogens with one attached hydrogen (secondary N) is 1. The van der Waals surface area contributed by atoms with E-state index in [1.54, 1.807) is 33.0 Å². The van der Waals surface area contributed by atoms with Crippen LogP contribution >= 0.6 is 11.3 Å². The number of anilines is 1. The van der Waals surface area contributed by atoms with E-state index < -0.39 is 11.7 Å². The van der Waals surface area contributed by atoms with Crippen molar-refractivity contribution >= 4 is 28.5 Å². The molecule has 0 radical (unpaired) electrons. The SMILES string of the molecule is CN(CC(=O)Nc1ncc(Cc2cccc(F)c2)s1)C(=O)OC(C)(C)C. The minimum atomic E-state index is -0.622. The number of hydrogen-bond acceptors (Lipinski definition) is 5. The molecule has 8 heteroatoms. The Balaban J connectivity index is 1.88. The van der Waals surface area contributed by atoms with Crippen molar-refractivity contribution in [3.63, 3.8) is 0 Å². The fourth-order valence-electron chi connectivity index (χ4n) is 2.07. The van der Waals surface area contributed by atoms with Gasteiger partial charge in [-0.15, -0.1) is 11.3 Å². The second-order valence-electron chi connectivity index (χ2n) is 6.82. The van der Waals surface area contributed by atoms with Crippen LogP contribution in [-0.4, -0.2) is 41.1 Å². The van der Waals surface area contributed by atoms with Gasteiger partial charge >= 0.3 is 6.09 Å². The summed E-state index contributed by atoms with van der Waals surface area (Å²) in [6, 6.07) is 6.34. The van der Waals surface area contributed by atoms with Gasteiger partial charge in [-0.3, -0.25) is 4.79 Å². The number of carbonyl (C=O) groups excluding carboxylic acids is 2. The lowest BCUT2D eigenvalue weighted by molar-refractivity contribution is -0.117. The summed E-state index contributed by atoms with van der Waals surface area (Å²) in [4.78, 5) is 30.2. The van der Waals surface area contributed by atoms with Gasteiger partial charge in [-0.05, 0) is 38.5 Å². The van der Waals surface area contributed by atoms with Gasteiger partial charge in [0.25, 0.3) is 0 Å². The van der Waals surface area contributed by atoms with Crippen molar-refractivity contribution < 1.29 is 18.7 Å². The molecule has 1 N–H and O–H groups in total. The van der Waals surface area contributed by atoms with Crippen LogP contribution in [0.1, 0.15) is 31.2 Å². The van der Waals surface area contributed by atoms with E-state index in [9.17, 15) is 14.0 Å². The van der Waals surface area contributed by atoms with Crippen LogP contribution in [0.2, 0.25) is 0 Å². The summed E-state index contributed by atoms with van der Waals surface area (Å²) in [5, 5.41) is 3.08. The summed E-state index contributed by atoms with van der Waals surface area (Å²) < 4.78 is 18.4. The van der Waals surface area contributed by atoms with Crippen molar-refractivity contribution in [2.75, 3.05) is 18.9 Å². The first-order chi connectivity index (χ1) is 12.1. The van der Waals surface area contributed by atoms with Crippen LogP contribution in [0.5, 0.6) is 0 Å². The van der Waals surface area contributed by atoms with Crippen molar-refractivity contribution in [3.05, 3.63) is 46.7 Å². The predicted octanol–water partition coefficient (Wildman–Crippen LogP) is 3.68. The third kappa shape index (κ3) is 6.44. The van der Waals surface area contributed by atoms with E-state index in [2.05, 4.69) is 10.3 Å². The molecule has 0 saturated heterocycles. The van der Waals surface area contributed by atoms with E-state index in [4.69, 9.17) is 4.74 Å². The monoisotopic (exact) mass is 379 g/mol. The molecule has 2 aromatic rings. The largest absolute Gasteiger partial charge is 0.444 e. The fourth-order valence-corrected chi connectivity index (χ4v) is 2.94. The second-order valence-corrected chi connectivity index (χ2v) is 7.94. The molecule has 0 spiro atoms. The standard InChI is InChI=1S/C18H22FN3O3S/c1-18(2,3)25-17(24)22(4)11-15(23)21-16-20-10-14(26-16)9-12-6-5-7-13(19)8-12/h5-8,10H,9,11H2,1-4H3,(H,20,21,23). The molecular weight excluding hydrogens is 357 g/mol. The van der Waals surface area contributed by atoms with Crippen molar-refractivity contribution in [1.82, 2.24) is 9.88 Å². The van der Waals surface area contributed by atoms with Gasteiger partial charge in [-0.25, -0.2) is 14.2 Å². The van der Waals surface area contributed by atoms with Crippen molar-refractivity contribution in [3.8, 4) is 0 Å². The lowest BCUT2D eigenvalue weighted by atomic mass is 10.1. The maximum atomic E-state index is 13.2. The Bertz CT molecular complexity index is 786. The Kier molecular flexibility index (Phi) is 6.31. The molecule has 2 rings (SSSR count). The van der Waals surface area contributed by atoms with Crippen LogP contribution in [0, 0.1) is 5.82 Å². The van der Waals surface area contributed by atoms with Crippen LogP contribution in [0.3, 0.4) is 0 Å². The maximum Gasteiger partial charge on any atom is 0.410 e. The number of likely N-dealkylation sites (N-methyl/N-ethyl adjacent to an activating group) is 1. The highest BCUT2D eigenvalue weighted by atomic mass is 32.1. The average molecular weight is 379 g/mol. The number of amides is 2. The number of rotatable bonds is 5. The highest BCUT2D eigenvalue weighted by Gasteiger charge is 2.21. The molecular formula is C18H22FN3O3S. The van der Waals surface area contributed by atoms with Gasteiger partial charge in [-0.2, -0.15) is 0 Å². The molecule has 2 amide bonds. The fraction of sp³-hybridized carbons (Fsp3) is 0.389. The lowest BCUT2D eigenvalue weighted by Gasteiger charge is -2.24. The van der Waals surface area contributed by atoms with E-state index in [1.165, 1.54) is 35.4 Å². The minimum Gasteiger partial charge on any atom is -0.444 e. The van der Waals surface area contributed by atoms with Crippen LogP contribution in [0.25, 0.3) is 0 Å². The van der Waals surface area contributed by atoms with Gasteiger partial charge in [-0.1, -0.05) is 12.1 Å². The number of halogens is 1. The molecule has 0 fully saturated rings. The summed E-state index contributed by atoms with van der Waals surface area (Å²) in [5.74, 6) is -0.657. The Hall–Kier alpha value is -2.48. The van der Waals surface area contributed by atoms with Crippen molar-refractivity contribution in [1.29, 1.82) is 0 Å². The van der Waals surface area contributed by atoms with Crippen LogP contribution < -0.4 is 5.32 Å². The first-order valence-corrected chi connectivity index (χ1v) is 8.87. The molecule has 1 aromatic heterocycles. The topological polar surface area (TPSA) is 71.5 Å². The zero-order chi connectivity index (χ0) is 19.3. The molecule has 0 aliphatic carbocycles. The normalized spacial score (nSPS) is 11.1. The number of nitrogens with zero attached hydrogens (tertiary/aromatic N) is 2. The van der Waals surface area contributed by atoms with Gasteiger partial charge in [0.15, 0.2) is 5.13 Å². The highest BCUT2D eigenvalue weighted by molar-refractivity contribution is 7.15. The molecule has 140 valence electrons. The number of aromatic nitrogens is 1. The lowest BCUT2D eigenvalue weighted by Crippen LogP contribution is -2.38. The molecule has 0 aliphatic rings. The van der Waals surface area contributed by atoms with E-state index in [0.717, 1.165) is 10.4 Å². The zero-order valence-corrected chi connectivity index (χ0v) is 16.0. The van der Waals surface area contributed by atoms with E-state index >= 15 is 0 Å². The number of carbonyl (C=O) groups is 2. The molecule has 1 aromatic carbocycles. The van der Waals surface area contributed by atoms with Gasteiger partial charge in [0.1, 0.15) is 18.0 Å². The first kappa shape index (κ1) is 19.8. The molecule has 6 nitrogen and oxygen atoms in total. The smallest absolute Gasteiger partial charge is 0.410 e. The van der Waals surface area contributed by atoms with Crippen molar-refractivity contribution in [2.24, 2.45) is 0 Å². The van der Waals surface area contributed by atoms with Gasteiger partial charge in [0, 0.05) is 24.5 Å². The summed E-state index contributed by atoms with van der Waals surface area (Å²) in [6.07, 6.45) is 1.60. The molecule has 0 bridgehead atoms. The van der Waals surface area contributed by atoms with Crippen LogP contribution in [-0.2, 0) is 16.0 Å². The van der Waals surface area contributed by atoms with Gasteiger partial charge < -0.3 is 15.0 Å². The minimum absolute atomic E-state index is 0.145. The highest BCUT2D eigenvalue weighted by Crippen LogP contribution is 2.21. The Morgan fingerprint density at radius 1 is 1.35 bits per heavy atom. The Labute approximate surface area is 156 Å². The number of thiazole rings is 1. The molecule has 0 aliphatic heterocycles. The summed E-state index contributed by atoms with van der Waals surface area (Å²) in [6.45, 7) is 5.13. The summed E-state index contributed by atoms with van der Waals surface area (Å²) in [5.41, 5.74) is 0.208. The van der Waals surface area contributed by atoms with E-state index in [1.807, 2.05) is 6.07 Å². The van der Waals surface area contributed by atoms with Crippen molar-refractivity contribution in [2.45, 2.75) is 32.8 Å². The van der Waals surface area contributed by atoms with Gasteiger partial charge in [0.05, 0.1) is 0 Å². The summed E-state index contributed by atoms with van der Waals surface area (Å²) in [7, 11) is 1.49. The Morgan fingerprint density at radius 2 is 2.08 bits per heavy atom. The van der Waals surface area contributed by atoms with Gasteiger partial charge in [0.2, 0.25) is 5.91 Å². The van der Waals surface area contributed by atoms with E-state index in [0.29, 0.717) is 11.6 Å². The van der Waals surface area contributed by atoms with E-state index in [-0.39, 0.29) is 18.3 Å². The summed E-state index contributed by atoms with van der Waals surface area (Å²) >= 11 is 1.31. The number of ether oxygens (including phenoxy) is 1. The third-order valence-electron chi connectivity index (χ3n) is 3.15. The second kappa shape index (κ2) is 8.27. The molecule has 26 heavy (non-hydrogen) atoms. The third-order valence-corrected chi connectivity index (χ3v) is 4.07. The van der Waals surface area contributed by atoms with Crippen LogP contribution in [0.15, 0.2) is 30.5 Å². The molecule has 0 atom stereocenters. The predicted molar refractivity (Wildman–Crippen MR) is 98.8 cm³/mol. The quantitative estimate of drug-likeness (QED) is 0.860. The first-order valence-electron chi connectivity index (χ1n) is 8.05. The zero-order valence-electron chi connectivity index (χ0n) is 15.2. The Morgan fingerprint density at radius 3 is 2.73 bits per heavy atom.